The third kappa shape index (κ3) is 5.21. The Hall–Kier alpha value is -3.41. The Balaban J connectivity index is 1.32. The molecule has 0 amide bonds. The summed E-state index contributed by atoms with van der Waals surface area (Å²) in [5, 5.41) is 7.22. The number of benzene rings is 5. The van der Waals surface area contributed by atoms with Gasteiger partial charge in [-0.05, 0) is 98.6 Å². The lowest BCUT2D eigenvalue weighted by Crippen LogP contribution is -2.61. The molecule has 2 heteroatoms. The van der Waals surface area contributed by atoms with Gasteiger partial charge in [0, 0.05) is 22.8 Å². The van der Waals surface area contributed by atoms with E-state index in [1.807, 2.05) is 0 Å². The van der Waals surface area contributed by atoms with Crippen molar-refractivity contribution in [3.05, 3.63) is 133 Å². The Kier molecular flexibility index (Phi) is 7.32. The molecule has 5 aromatic rings. The van der Waals surface area contributed by atoms with Crippen molar-refractivity contribution in [1.29, 1.82) is 0 Å². The van der Waals surface area contributed by atoms with E-state index in [4.69, 9.17) is 0 Å². The third-order valence-corrected chi connectivity index (χ3v) is 13.2. The van der Waals surface area contributed by atoms with Crippen LogP contribution in [0.3, 0.4) is 0 Å². The van der Waals surface area contributed by atoms with Crippen molar-refractivity contribution in [1.82, 2.24) is 0 Å². The van der Waals surface area contributed by atoms with Gasteiger partial charge in [0.15, 0.2) is 0 Å². The normalized spacial score (nSPS) is 24.1. The van der Waals surface area contributed by atoms with Gasteiger partial charge < -0.3 is 4.90 Å². The van der Waals surface area contributed by atoms with E-state index in [2.05, 4.69) is 132 Å². The number of anilines is 1. The van der Waals surface area contributed by atoms with Crippen LogP contribution in [0, 0.1) is 17.8 Å². The molecule has 0 atom stereocenters. The van der Waals surface area contributed by atoms with Crippen LogP contribution in [0.2, 0.25) is 0 Å². The minimum absolute atomic E-state index is 0.276. The zero-order chi connectivity index (χ0) is 28.6. The number of hydrogen-bond acceptors (Lipinski definition) is 1. The lowest BCUT2D eigenvalue weighted by molar-refractivity contribution is -0.00425. The molecule has 0 unspecified atom stereocenters. The van der Waals surface area contributed by atoms with E-state index in [1.54, 1.807) is 0 Å². The number of rotatable bonds is 9. The summed E-state index contributed by atoms with van der Waals surface area (Å²) in [5.74, 6) is 2.73. The number of hydrogen-bond donors (Lipinski definition) is 0. The predicted octanol–water partition coefficient (Wildman–Crippen LogP) is 9.01. The van der Waals surface area contributed by atoms with E-state index in [0.717, 1.165) is 30.7 Å². The van der Waals surface area contributed by atoms with E-state index >= 15 is 0 Å². The summed E-state index contributed by atoms with van der Waals surface area (Å²) in [6.07, 6.45) is 10.9. The van der Waals surface area contributed by atoms with Gasteiger partial charge >= 0.3 is 0 Å². The minimum Gasteiger partial charge on any atom is -0.365 e. The van der Waals surface area contributed by atoms with Gasteiger partial charge in [-0.2, -0.15) is 0 Å². The largest absolute Gasteiger partial charge is 0.365 e. The summed E-state index contributed by atoms with van der Waals surface area (Å²) >= 11 is 0. The van der Waals surface area contributed by atoms with Crippen LogP contribution in [-0.2, 0) is 6.42 Å². The lowest BCUT2D eigenvalue weighted by atomic mass is 9.52. The summed E-state index contributed by atoms with van der Waals surface area (Å²) in [5.41, 5.74) is 3.27. The van der Waals surface area contributed by atoms with Crippen LogP contribution in [0.4, 0.5) is 5.69 Å². The summed E-state index contributed by atoms with van der Waals surface area (Å²) in [6, 6.07) is 48.0. The Bertz CT molecular complexity index is 1600. The second-order valence-corrected chi connectivity index (χ2v) is 15.7. The zero-order valence-corrected chi connectivity index (χ0v) is 26.0. The minimum atomic E-state index is -0.714. The van der Waals surface area contributed by atoms with Crippen molar-refractivity contribution >= 4 is 40.3 Å². The highest BCUT2D eigenvalue weighted by Crippen LogP contribution is 2.59. The average molecular weight is 580 g/mol. The maximum atomic E-state index is 3.03. The second-order valence-electron chi connectivity index (χ2n) is 13.5. The quantitative estimate of drug-likeness (QED) is 0.158. The average Bonchev–Trinajstić information content (AvgIpc) is 3.04. The molecular weight excluding hydrogens is 537 g/mol. The molecule has 0 spiro atoms. The Labute approximate surface area is 258 Å². The van der Waals surface area contributed by atoms with Crippen LogP contribution in [-0.4, -0.2) is 12.1 Å². The fourth-order valence-electron chi connectivity index (χ4n) is 9.36. The van der Waals surface area contributed by atoms with Crippen LogP contribution in [0.15, 0.2) is 127 Å². The molecule has 4 fully saturated rings. The molecule has 0 radical (unpaired) electrons. The molecule has 0 N–H and O–H groups in total. The van der Waals surface area contributed by atoms with Crippen LogP contribution in [0.1, 0.15) is 50.5 Å². The monoisotopic (exact) mass is 579 g/mol. The van der Waals surface area contributed by atoms with Crippen LogP contribution >= 0.6 is 7.92 Å². The molecular formula is C41H42NP. The molecule has 1 nitrogen and oxygen atoms in total. The van der Waals surface area contributed by atoms with Crippen LogP contribution < -0.4 is 20.8 Å². The summed E-state index contributed by atoms with van der Waals surface area (Å²) in [7, 11) is -0.714. The fourth-order valence-corrected chi connectivity index (χ4v) is 11.8. The molecule has 4 saturated carbocycles. The van der Waals surface area contributed by atoms with Gasteiger partial charge in [-0.1, -0.05) is 127 Å². The van der Waals surface area contributed by atoms with E-state index in [0.29, 0.717) is 0 Å². The molecule has 4 aliphatic carbocycles. The molecule has 9 rings (SSSR count). The Morgan fingerprint density at radius 2 is 1.12 bits per heavy atom. The third-order valence-electron chi connectivity index (χ3n) is 10.7. The number of nitrogens with zero attached hydrogens (tertiary/aromatic N) is 1. The van der Waals surface area contributed by atoms with E-state index < -0.39 is 7.92 Å². The highest BCUT2D eigenvalue weighted by molar-refractivity contribution is 7.80. The number of aryl methyl sites for hydroxylation is 1. The van der Waals surface area contributed by atoms with Crippen molar-refractivity contribution in [2.75, 3.05) is 11.4 Å². The zero-order valence-electron chi connectivity index (χ0n) is 25.1. The van der Waals surface area contributed by atoms with Crippen LogP contribution in [0.25, 0.3) is 10.8 Å². The van der Waals surface area contributed by atoms with Crippen molar-refractivity contribution in [2.45, 2.75) is 56.9 Å². The van der Waals surface area contributed by atoms with Crippen LogP contribution in [0.5, 0.6) is 0 Å². The molecule has 0 saturated heterocycles. The molecule has 43 heavy (non-hydrogen) atoms. The highest BCUT2D eigenvalue weighted by Gasteiger charge is 2.54. The fraction of sp³-hybridized carbons (Fsp3) is 0.317. The highest BCUT2D eigenvalue weighted by atomic mass is 31.1. The second kappa shape index (κ2) is 11.6. The molecule has 5 aromatic carbocycles. The topological polar surface area (TPSA) is 3.24 Å². The maximum absolute atomic E-state index is 3.03. The molecule has 0 aliphatic heterocycles. The van der Waals surface area contributed by atoms with E-state index in [9.17, 15) is 0 Å². The van der Waals surface area contributed by atoms with Crippen molar-refractivity contribution in [2.24, 2.45) is 17.8 Å². The van der Waals surface area contributed by atoms with Gasteiger partial charge in [-0.25, -0.2) is 0 Å². The SMILES string of the molecule is c1ccc(CCCN(c2c(P(c3ccccc3)c3ccccc3)ccc3ccccc23)C23CC4CC(CC(C4)C2)C3)cc1. The summed E-state index contributed by atoms with van der Waals surface area (Å²) in [6.45, 7) is 1.12. The first-order valence-electron chi connectivity index (χ1n) is 16.5. The van der Waals surface area contributed by atoms with E-state index in [1.165, 1.54) is 82.9 Å². The van der Waals surface area contributed by atoms with Gasteiger partial charge in [-0.3, -0.25) is 0 Å². The smallest absolute Gasteiger partial charge is 0.0535 e. The van der Waals surface area contributed by atoms with Gasteiger partial charge in [-0.15, -0.1) is 0 Å². The first-order chi connectivity index (χ1) is 21.3. The molecule has 216 valence electrons. The van der Waals surface area contributed by atoms with Gasteiger partial charge in [0.05, 0.1) is 5.69 Å². The first-order valence-corrected chi connectivity index (χ1v) is 17.8. The van der Waals surface area contributed by atoms with Crippen molar-refractivity contribution in [3.8, 4) is 0 Å². The Morgan fingerprint density at radius 1 is 0.581 bits per heavy atom. The lowest BCUT2D eigenvalue weighted by Gasteiger charge is -2.61. The van der Waals surface area contributed by atoms with E-state index in [-0.39, 0.29) is 5.54 Å². The predicted molar refractivity (Wildman–Crippen MR) is 186 cm³/mol. The Morgan fingerprint density at radius 3 is 1.72 bits per heavy atom. The molecule has 0 heterocycles. The van der Waals surface area contributed by atoms with Gasteiger partial charge in [0.2, 0.25) is 0 Å². The standard InChI is InChI=1S/C41H42NP/c1-4-13-31(14-5-1)15-12-24-42(41-28-32-25-33(29-41)27-34(26-32)30-41)40-38-21-11-10-16-35(38)22-23-39(40)43(36-17-6-2-7-18-36)37-19-8-3-9-20-37/h1-11,13-14,16-23,32-34H,12,15,24-30H2. The van der Waals surface area contributed by atoms with Crippen molar-refractivity contribution < 1.29 is 0 Å². The summed E-state index contributed by atoms with van der Waals surface area (Å²) in [4.78, 5) is 3.03. The molecule has 4 aliphatic rings. The van der Waals surface area contributed by atoms with Gasteiger partial charge in [0.25, 0.3) is 0 Å². The van der Waals surface area contributed by atoms with Gasteiger partial charge in [0.1, 0.15) is 0 Å². The summed E-state index contributed by atoms with van der Waals surface area (Å²) < 4.78 is 0. The van der Waals surface area contributed by atoms with Crippen molar-refractivity contribution in [3.63, 3.8) is 0 Å². The maximum Gasteiger partial charge on any atom is 0.0535 e. The first kappa shape index (κ1) is 27.2. The number of fused-ring (bicyclic) bond motifs is 1. The molecule has 0 aromatic heterocycles. The molecule has 4 bridgehead atoms.